The van der Waals surface area contributed by atoms with Gasteiger partial charge in [-0.2, -0.15) is 0 Å². The van der Waals surface area contributed by atoms with E-state index in [1.807, 2.05) is 13.8 Å². The van der Waals surface area contributed by atoms with Crippen molar-refractivity contribution in [2.24, 2.45) is 17.1 Å². The minimum Gasteiger partial charge on any atom is -0.469 e. The van der Waals surface area contributed by atoms with Gasteiger partial charge in [0, 0.05) is 30.6 Å². The molecule has 0 aromatic carbocycles. The normalized spacial score (nSPS) is 22.6. The Hall–Kier alpha value is -1.50. The van der Waals surface area contributed by atoms with Gasteiger partial charge >= 0.3 is 19.9 Å². The Labute approximate surface area is 203 Å². The summed E-state index contributed by atoms with van der Waals surface area (Å²) in [6.45, 7) is 6.41. The molecule has 34 heavy (non-hydrogen) atoms. The molecule has 12 nitrogen and oxygen atoms in total. The first-order valence-electron chi connectivity index (χ1n) is 10.8. The van der Waals surface area contributed by atoms with Gasteiger partial charge in [-0.3, -0.25) is 23.4 Å². The summed E-state index contributed by atoms with van der Waals surface area (Å²) in [6, 6.07) is -0.577. The molecule has 3 N–H and O–H groups in total. The van der Waals surface area contributed by atoms with Crippen molar-refractivity contribution in [3.8, 4) is 0 Å². The number of nitrogens with two attached hydrogens (primary N) is 1. The molecule has 0 aromatic rings. The summed E-state index contributed by atoms with van der Waals surface area (Å²) in [5, 5.41) is 2.24. The Balaban J connectivity index is 2.42. The number of Topliss-reactive ketones (excluding diaryl/α,β-unsaturated/α-hetero) is 1. The van der Waals surface area contributed by atoms with Crippen LogP contribution in [0.25, 0.3) is 0 Å². The van der Waals surface area contributed by atoms with Crippen molar-refractivity contribution < 1.29 is 46.8 Å². The van der Waals surface area contributed by atoms with Gasteiger partial charge in [0.05, 0.1) is 19.8 Å². The number of methoxy groups -OCH3 is 1. The Morgan fingerprint density at radius 3 is 2.53 bits per heavy atom. The number of amides is 1. The highest BCUT2D eigenvalue weighted by molar-refractivity contribution is 8.13. The van der Waals surface area contributed by atoms with Crippen LogP contribution >= 0.6 is 19.6 Å². The topological polar surface area (TPSA) is 170 Å². The van der Waals surface area contributed by atoms with Gasteiger partial charge in [0.25, 0.3) is 0 Å². The maximum atomic E-state index is 12.7. The Bertz CT molecular complexity index is 776. The molecule has 1 fully saturated rings. The van der Waals surface area contributed by atoms with Crippen LogP contribution < -0.4 is 11.1 Å². The summed E-state index contributed by atoms with van der Waals surface area (Å²) >= 11 is 1.00. The number of nitrogens with one attached hydrogen (secondary N) is 1. The van der Waals surface area contributed by atoms with Gasteiger partial charge in [-0.05, 0) is 12.3 Å². The third-order valence-corrected chi connectivity index (χ3v) is 7.17. The minimum atomic E-state index is -4.16. The van der Waals surface area contributed by atoms with Crippen molar-refractivity contribution in [1.82, 2.24) is 5.32 Å². The fourth-order valence-electron chi connectivity index (χ4n) is 2.69. The van der Waals surface area contributed by atoms with Gasteiger partial charge in [0.15, 0.2) is 5.78 Å². The Morgan fingerprint density at radius 2 is 1.91 bits per heavy atom. The van der Waals surface area contributed by atoms with Crippen molar-refractivity contribution >= 4 is 42.5 Å². The van der Waals surface area contributed by atoms with Crippen LogP contribution in [0.1, 0.15) is 47.0 Å². The number of phosphoric acid groups is 1. The number of carbonyl (C=O) groups excluding carboxylic acids is 4. The first kappa shape index (κ1) is 30.5. The van der Waals surface area contributed by atoms with E-state index in [0.29, 0.717) is 5.75 Å². The van der Waals surface area contributed by atoms with Crippen LogP contribution in [0.15, 0.2) is 0 Å². The minimum absolute atomic E-state index is 0.0161. The van der Waals surface area contributed by atoms with E-state index >= 15 is 0 Å². The predicted molar refractivity (Wildman–Crippen MR) is 124 cm³/mol. The van der Waals surface area contributed by atoms with Crippen molar-refractivity contribution in [3.05, 3.63) is 0 Å². The van der Waals surface area contributed by atoms with Crippen LogP contribution in [-0.4, -0.2) is 67.9 Å². The second-order valence-corrected chi connectivity index (χ2v) is 11.4. The van der Waals surface area contributed by atoms with Crippen molar-refractivity contribution in [3.63, 3.8) is 0 Å². The zero-order chi connectivity index (χ0) is 25.9. The van der Waals surface area contributed by atoms with Crippen LogP contribution in [0.2, 0.25) is 0 Å². The van der Waals surface area contributed by atoms with E-state index in [2.05, 4.69) is 10.1 Å². The molecule has 0 bridgehead atoms. The number of ether oxygens (including phenoxy) is 2. The third-order valence-electron chi connectivity index (χ3n) is 4.87. The van der Waals surface area contributed by atoms with Crippen molar-refractivity contribution in [1.29, 1.82) is 0 Å². The van der Waals surface area contributed by atoms with Gasteiger partial charge in [-0.1, -0.05) is 39.5 Å². The fraction of sp³-hybridized carbons (Fsp3) is 0.800. The average Bonchev–Trinajstić information content (AvgIpc) is 2.77. The summed E-state index contributed by atoms with van der Waals surface area (Å²) in [5.41, 5.74) is 4.96. The number of hydrogen-bond donors (Lipinski definition) is 2. The second kappa shape index (κ2) is 14.2. The highest BCUT2D eigenvalue weighted by Crippen LogP contribution is 2.57. The zero-order valence-corrected chi connectivity index (χ0v) is 21.9. The van der Waals surface area contributed by atoms with Gasteiger partial charge in [0.2, 0.25) is 11.9 Å². The van der Waals surface area contributed by atoms with Gasteiger partial charge < -0.3 is 20.5 Å². The quantitative estimate of drug-likeness (QED) is 0.156. The SMILES string of the molecule is COC(=O)CCCC(=O)[C@@H]1O[P@](=O)(OCOC(=O)NCCSC(=O)[C@@H](N)C(C)C)OCC1(C)C. The molecule has 1 amide bonds. The predicted octanol–water partition coefficient (Wildman–Crippen LogP) is 2.39. The molecule has 3 atom stereocenters. The summed E-state index contributed by atoms with van der Waals surface area (Å²) in [4.78, 5) is 47.4. The monoisotopic (exact) mass is 526 g/mol. The molecule has 1 saturated heterocycles. The highest BCUT2D eigenvalue weighted by atomic mass is 32.2. The van der Waals surface area contributed by atoms with Gasteiger partial charge in [0.1, 0.15) is 6.10 Å². The second-order valence-electron chi connectivity index (χ2n) is 8.63. The smallest absolute Gasteiger partial charge is 0.469 e. The molecule has 1 aliphatic heterocycles. The lowest BCUT2D eigenvalue weighted by Crippen LogP contribution is -2.45. The standard InChI is InChI=1S/C20H35N2O10PS/c1-13(2)16(21)18(25)34-10-9-22-19(26)29-12-31-33(27)30-11-20(3,4)17(32-33)14(23)7-6-8-15(24)28-5/h13,16-17H,6-12,21H2,1-5H3,(H,22,26)/t16-,17-,33-/m0/s1. The molecule has 14 heteroatoms. The number of rotatable bonds is 13. The van der Waals surface area contributed by atoms with E-state index in [9.17, 15) is 23.7 Å². The number of hydrogen-bond acceptors (Lipinski definition) is 12. The first-order valence-corrected chi connectivity index (χ1v) is 13.3. The summed E-state index contributed by atoms with van der Waals surface area (Å²) < 4.78 is 37.6. The van der Waals surface area contributed by atoms with Gasteiger partial charge in [-0.15, -0.1) is 0 Å². The van der Waals surface area contributed by atoms with Crippen molar-refractivity contribution in [2.45, 2.75) is 59.1 Å². The van der Waals surface area contributed by atoms with Crippen molar-refractivity contribution in [2.75, 3.05) is 32.8 Å². The van der Waals surface area contributed by atoms with Crippen LogP contribution in [0.4, 0.5) is 4.79 Å². The Morgan fingerprint density at radius 1 is 1.24 bits per heavy atom. The number of esters is 1. The zero-order valence-electron chi connectivity index (χ0n) is 20.2. The molecule has 0 radical (unpaired) electrons. The van der Waals surface area contributed by atoms with Crippen LogP contribution in [0.5, 0.6) is 0 Å². The van der Waals surface area contributed by atoms with Gasteiger partial charge in [-0.25, -0.2) is 13.9 Å². The number of alkyl carbamates (subject to hydrolysis) is 1. The molecule has 1 aliphatic rings. The molecule has 0 unspecified atom stereocenters. The molecule has 1 heterocycles. The molecule has 0 saturated carbocycles. The fourth-order valence-corrected chi connectivity index (χ4v) is 5.09. The molecular formula is C20H35N2O10PS. The molecule has 0 aliphatic carbocycles. The first-order chi connectivity index (χ1) is 15.8. The van der Waals surface area contributed by atoms with E-state index in [0.717, 1.165) is 11.8 Å². The maximum Gasteiger partial charge on any atom is 0.478 e. The lowest BCUT2D eigenvalue weighted by atomic mass is 9.84. The van der Waals surface area contributed by atoms with E-state index in [-0.39, 0.29) is 49.2 Å². The van der Waals surface area contributed by atoms with E-state index in [1.54, 1.807) is 13.8 Å². The van der Waals surface area contributed by atoms with E-state index < -0.39 is 44.2 Å². The van der Waals surface area contributed by atoms with E-state index in [1.165, 1.54) is 7.11 Å². The third kappa shape index (κ3) is 10.4. The average molecular weight is 527 g/mol. The summed E-state index contributed by atoms with van der Waals surface area (Å²) in [5.74, 6) is -0.477. The number of carbonyl (C=O) groups is 4. The lowest BCUT2D eigenvalue weighted by Gasteiger charge is -2.39. The largest absolute Gasteiger partial charge is 0.478 e. The van der Waals surface area contributed by atoms with Crippen LogP contribution in [0, 0.1) is 11.3 Å². The number of thioether (sulfide) groups is 1. The highest BCUT2D eigenvalue weighted by Gasteiger charge is 2.48. The molecular weight excluding hydrogens is 491 g/mol. The number of phosphoric ester groups is 1. The summed E-state index contributed by atoms with van der Waals surface area (Å²) in [7, 11) is -2.90. The Kier molecular flexibility index (Phi) is 12.7. The maximum absolute atomic E-state index is 12.7. The van der Waals surface area contributed by atoms with Crippen LogP contribution in [-0.2, 0) is 42.0 Å². The molecule has 0 spiro atoms. The molecule has 196 valence electrons. The van der Waals surface area contributed by atoms with Crippen LogP contribution in [0.3, 0.4) is 0 Å². The molecule has 0 aromatic heterocycles. The summed E-state index contributed by atoms with van der Waals surface area (Å²) in [6.07, 6.45) is -1.61. The lowest BCUT2D eigenvalue weighted by molar-refractivity contribution is -0.142. The number of ketones is 1. The molecule has 1 rings (SSSR count). The van der Waals surface area contributed by atoms with E-state index in [4.69, 9.17) is 24.0 Å².